The standard InChI is InChI=1S/C29H38N6O3/c1-35(2)27-23-10-6-7-11-24(23)33-28(34-27)30-19-12-14-20(15-13-19)31-29(36)32-21-16-17-25(37-3)26(18-21)38-22-8-4-5-9-22/h6-7,10-11,16-20,22H,4-5,8-9,12-15H2,1-3H3,(H,30,33,34)(H2,31,32,36)/t19-,20+. The van der Waals surface area contributed by atoms with E-state index in [-0.39, 0.29) is 24.2 Å². The second-order valence-electron chi connectivity index (χ2n) is 10.5. The van der Waals surface area contributed by atoms with Crippen LogP contribution < -0.4 is 30.3 Å². The number of urea groups is 1. The first-order chi connectivity index (χ1) is 18.5. The van der Waals surface area contributed by atoms with E-state index in [4.69, 9.17) is 19.4 Å². The lowest BCUT2D eigenvalue weighted by molar-refractivity contribution is 0.201. The molecule has 0 atom stereocenters. The summed E-state index contributed by atoms with van der Waals surface area (Å²) in [4.78, 5) is 24.3. The largest absolute Gasteiger partial charge is 0.493 e. The van der Waals surface area contributed by atoms with Crippen LogP contribution in [0.25, 0.3) is 10.9 Å². The number of nitrogens with zero attached hydrogens (tertiary/aromatic N) is 3. The van der Waals surface area contributed by atoms with Crippen molar-refractivity contribution < 1.29 is 14.3 Å². The summed E-state index contributed by atoms with van der Waals surface area (Å²) in [7, 11) is 5.63. The van der Waals surface area contributed by atoms with Gasteiger partial charge in [-0.25, -0.2) is 9.78 Å². The van der Waals surface area contributed by atoms with Gasteiger partial charge in [0.2, 0.25) is 5.95 Å². The van der Waals surface area contributed by atoms with Crippen molar-refractivity contribution in [2.45, 2.75) is 69.6 Å². The third kappa shape index (κ3) is 6.20. The highest BCUT2D eigenvalue weighted by Gasteiger charge is 2.24. The number of anilines is 3. The van der Waals surface area contributed by atoms with Gasteiger partial charge in [0.1, 0.15) is 5.82 Å². The van der Waals surface area contributed by atoms with Gasteiger partial charge in [-0.15, -0.1) is 0 Å². The van der Waals surface area contributed by atoms with Crippen LogP contribution in [0.3, 0.4) is 0 Å². The van der Waals surface area contributed by atoms with E-state index in [1.165, 1.54) is 12.8 Å². The fraction of sp³-hybridized carbons (Fsp3) is 0.483. The smallest absolute Gasteiger partial charge is 0.319 e. The van der Waals surface area contributed by atoms with Gasteiger partial charge in [0.25, 0.3) is 0 Å². The Hall–Kier alpha value is -3.75. The lowest BCUT2D eigenvalue weighted by Crippen LogP contribution is -2.42. The number of fused-ring (bicyclic) bond motifs is 1. The Kier molecular flexibility index (Phi) is 8.00. The number of para-hydroxylation sites is 1. The number of rotatable bonds is 8. The van der Waals surface area contributed by atoms with Crippen LogP contribution in [0.5, 0.6) is 11.5 Å². The third-order valence-corrected chi connectivity index (χ3v) is 7.42. The van der Waals surface area contributed by atoms with Gasteiger partial charge >= 0.3 is 6.03 Å². The highest BCUT2D eigenvalue weighted by atomic mass is 16.5. The molecule has 5 rings (SSSR count). The first kappa shape index (κ1) is 25.9. The Bertz CT molecular complexity index is 1250. The molecule has 2 amide bonds. The van der Waals surface area contributed by atoms with E-state index in [9.17, 15) is 4.79 Å². The highest BCUT2D eigenvalue weighted by Crippen LogP contribution is 2.34. The molecule has 0 spiro atoms. The quantitative estimate of drug-likeness (QED) is 0.358. The van der Waals surface area contributed by atoms with Crippen molar-refractivity contribution in [1.29, 1.82) is 0 Å². The Morgan fingerprint density at radius 1 is 0.921 bits per heavy atom. The van der Waals surface area contributed by atoms with Crippen molar-refractivity contribution >= 4 is 34.4 Å². The molecule has 2 aromatic carbocycles. The molecule has 0 radical (unpaired) electrons. The van der Waals surface area contributed by atoms with Gasteiger partial charge in [0.15, 0.2) is 11.5 Å². The van der Waals surface area contributed by atoms with E-state index in [1.54, 1.807) is 7.11 Å². The number of aromatic nitrogens is 2. The zero-order valence-electron chi connectivity index (χ0n) is 22.5. The second-order valence-corrected chi connectivity index (χ2v) is 10.5. The number of benzene rings is 2. The van der Waals surface area contributed by atoms with Crippen molar-refractivity contribution in [3.05, 3.63) is 42.5 Å². The number of methoxy groups -OCH3 is 1. The summed E-state index contributed by atoms with van der Waals surface area (Å²) in [6.45, 7) is 0. The molecule has 2 saturated carbocycles. The van der Waals surface area contributed by atoms with E-state index < -0.39 is 0 Å². The average Bonchev–Trinajstić information content (AvgIpc) is 3.42. The molecule has 0 saturated heterocycles. The van der Waals surface area contributed by atoms with Crippen LogP contribution in [0, 0.1) is 0 Å². The molecule has 0 aliphatic heterocycles. The Morgan fingerprint density at radius 3 is 2.39 bits per heavy atom. The monoisotopic (exact) mass is 518 g/mol. The zero-order valence-corrected chi connectivity index (χ0v) is 22.5. The molecular formula is C29H38N6O3. The first-order valence-corrected chi connectivity index (χ1v) is 13.6. The maximum atomic E-state index is 12.8. The number of nitrogens with one attached hydrogen (secondary N) is 3. The fourth-order valence-electron chi connectivity index (χ4n) is 5.41. The van der Waals surface area contributed by atoms with Crippen molar-refractivity contribution in [3.8, 4) is 11.5 Å². The molecule has 2 aliphatic rings. The Labute approximate surface area is 224 Å². The molecule has 0 bridgehead atoms. The van der Waals surface area contributed by atoms with Gasteiger partial charge in [0.05, 0.1) is 18.7 Å². The summed E-state index contributed by atoms with van der Waals surface area (Å²) < 4.78 is 11.6. The molecule has 202 valence electrons. The van der Waals surface area contributed by atoms with Gasteiger partial charge in [-0.2, -0.15) is 4.98 Å². The van der Waals surface area contributed by atoms with Crippen LogP contribution in [0.4, 0.5) is 22.2 Å². The SMILES string of the molecule is COc1ccc(NC(=O)N[C@H]2CC[C@@H](Nc3nc(N(C)C)c4ccccc4n3)CC2)cc1OC1CCCC1. The number of ether oxygens (including phenoxy) is 2. The van der Waals surface area contributed by atoms with Crippen molar-refractivity contribution in [3.63, 3.8) is 0 Å². The van der Waals surface area contributed by atoms with Crippen molar-refractivity contribution in [2.75, 3.05) is 36.7 Å². The third-order valence-electron chi connectivity index (χ3n) is 7.42. The minimum atomic E-state index is -0.202. The van der Waals surface area contributed by atoms with E-state index in [1.807, 2.05) is 61.5 Å². The van der Waals surface area contributed by atoms with Gasteiger partial charge in [-0.3, -0.25) is 0 Å². The topological polar surface area (TPSA) is 101 Å². The maximum Gasteiger partial charge on any atom is 0.319 e. The van der Waals surface area contributed by atoms with Crippen LogP contribution in [0.2, 0.25) is 0 Å². The van der Waals surface area contributed by atoms with E-state index in [0.29, 0.717) is 23.1 Å². The molecule has 9 heteroatoms. The lowest BCUT2D eigenvalue weighted by atomic mass is 9.91. The highest BCUT2D eigenvalue weighted by molar-refractivity contribution is 5.90. The summed E-state index contributed by atoms with van der Waals surface area (Å²) in [6, 6.07) is 13.8. The molecule has 3 N–H and O–H groups in total. The van der Waals surface area contributed by atoms with E-state index in [2.05, 4.69) is 16.0 Å². The second kappa shape index (κ2) is 11.8. The number of hydrogen-bond acceptors (Lipinski definition) is 7. The van der Waals surface area contributed by atoms with Gasteiger partial charge < -0.3 is 30.3 Å². The minimum absolute atomic E-state index is 0.121. The summed E-state index contributed by atoms with van der Waals surface area (Å²) in [6.07, 6.45) is 8.35. The van der Waals surface area contributed by atoms with Gasteiger partial charge in [-0.1, -0.05) is 12.1 Å². The summed E-state index contributed by atoms with van der Waals surface area (Å²) >= 11 is 0. The molecule has 1 aromatic heterocycles. The van der Waals surface area contributed by atoms with Gasteiger partial charge in [-0.05, 0) is 75.6 Å². The lowest BCUT2D eigenvalue weighted by Gasteiger charge is -2.30. The van der Waals surface area contributed by atoms with Gasteiger partial charge in [0, 0.05) is 43.3 Å². The molecule has 0 unspecified atom stereocenters. The van der Waals surface area contributed by atoms with E-state index in [0.717, 1.165) is 55.2 Å². The molecule has 3 aromatic rings. The predicted molar refractivity (Wildman–Crippen MR) is 152 cm³/mol. The minimum Gasteiger partial charge on any atom is -0.493 e. The summed E-state index contributed by atoms with van der Waals surface area (Å²) in [5.74, 6) is 2.91. The van der Waals surface area contributed by atoms with E-state index >= 15 is 0 Å². The van der Waals surface area contributed by atoms with Crippen LogP contribution >= 0.6 is 0 Å². The first-order valence-electron chi connectivity index (χ1n) is 13.6. The number of carbonyl (C=O) groups excluding carboxylic acids is 1. The summed E-state index contributed by atoms with van der Waals surface area (Å²) in [5, 5.41) is 10.7. The number of amides is 2. The van der Waals surface area contributed by atoms with Crippen molar-refractivity contribution in [2.24, 2.45) is 0 Å². The van der Waals surface area contributed by atoms with Crippen LogP contribution in [-0.4, -0.2) is 55.4 Å². The Balaban J connectivity index is 1.13. The molecule has 2 aliphatic carbocycles. The summed E-state index contributed by atoms with van der Waals surface area (Å²) in [5.41, 5.74) is 1.62. The molecular weight excluding hydrogens is 480 g/mol. The van der Waals surface area contributed by atoms with Crippen molar-refractivity contribution in [1.82, 2.24) is 15.3 Å². The number of hydrogen-bond donors (Lipinski definition) is 3. The van der Waals surface area contributed by atoms with Crippen LogP contribution in [0.1, 0.15) is 51.4 Å². The zero-order chi connectivity index (χ0) is 26.5. The van der Waals surface area contributed by atoms with Crippen LogP contribution in [-0.2, 0) is 0 Å². The molecule has 38 heavy (non-hydrogen) atoms. The predicted octanol–water partition coefficient (Wildman–Crippen LogP) is 5.57. The number of carbonyl (C=O) groups is 1. The molecule has 9 nitrogen and oxygen atoms in total. The normalized spacial score (nSPS) is 19.7. The fourth-order valence-corrected chi connectivity index (χ4v) is 5.41. The molecule has 2 fully saturated rings. The Morgan fingerprint density at radius 2 is 1.66 bits per heavy atom. The van der Waals surface area contributed by atoms with Crippen LogP contribution in [0.15, 0.2) is 42.5 Å². The maximum absolute atomic E-state index is 12.8. The average molecular weight is 519 g/mol. The molecule has 1 heterocycles.